The molecule has 51 heavy (non-hydrogen) atoms. The molecule has 0 aromatic heterocycles. The molecule has 0 amide bonds. The maximum Gasteiger partial charge on any atom is 0.165 e. The summed E-state index contributed by atoms with van der Waals surface area (Å²) in [6.07, 6.45) is 0. The zero-order valence-corrected chi connectivity index (χ0v) is 27.6. The average Bonchev–Trinajstić information content (AvgIpc) is 3.18. The molecular weight excluding hydrogens is 638 g/mol. The van der Waals surface area contributed by atoms with E-state index < -0.39 is 11.6 Å². The molecule has 0 fully saturated rings. The predicted molar refractivity (Wildman–Crippen MR) is 200 cm³/mol. The van der Waals surface area contributed by atoms with Crippen LogP contribution in [-0.4, -0.2) is 0 Å². The Morgan fingerprint density at radius 3 is 1.25 bits per heavy atom. The van der Waals surface area contributed by atoms with Crippen molar-refractivity contribution in [2.24, 2.45) is 0 Å². The topological polar surface area (TPSA) is 27.7 Å². The van der Waals surface area contributed by atoms with E-state index in [9.17, 15) is 0 Å². The van der Waals surface area contributed by atoms with Crippen LogP contribution in [0.3, 0.4) is 0 Å². The zero-order valence-electron chi connectivity index (χ0n) is 27.6. The molecule has 0 radical (unpaired) electrons. The minimum atomic E-state index is -0.448. The van der Waals surface area contributed by atoms with Crippen LogP contribution in [0.2, 0.25) is 0 Å². The molecule has 0 heterocycles. The Morgan fingerprint density at radius 2 is 0.804 bits per heavy atom. The summed E-state index contributed by atoms with van der Waals surface area (Å²) >= 11 is 0. The van der Waals surface area contributed by atoms with Crippen molar-refractivity contribution in [2.45, 2.75) is 13.2 Å². The van der Waals surface area contributed by atoms with E-state index in [1.54, 1.807) is 24.3 Å². The summed E-state index contributed by atoms with van der Waals surface area (Å²) in [4.78, 5) is 0. The molecule has 8 aromatic carbocycles. The summed E-state index contributed by atoms with van der Waals surface area (Å²) in [5, 5.41) is 3.74. The van der Waals surface area contributed by atoms with Gasteiger partial charge >= 0.3 is 0 Å². The lowest BCUT2D eigenvalue weighted by Gasteiger charge is -2.20. The molecule has 0 spiro atoms. The van der Waals surface area contributed by atoms with Gasteiger partial charge in [0.25, 0.3) is 0 Å². The van der Waals surface area contributed by atoms with Crippen molar-refractivity contribution < 1.29 is 23.0 Å². The normalized spacial score (nSPS) is 11.1. The second-order valence-corrected chi connectivity index (χ2v) is 12.3. The van der Waals surface area contributed by atoms with Crippen LogP contribution in [0.15, 0.2) is 170 Å². The van der Waals surface area contributed by atoms with Gasteiger partial charge in [-0.25, -0.2) is 8.78 Å². The van der Waals surface area contributed by atoms with Gasteiger partial charge in [0.1, 0.15) is 24.7 Å². The van der Waals surface area contributed by atoms with Gasteiger partial charge in [-0.1, -0.05) is 133 Å². The second kappa shape index (κ2) is 14.2. The number of hydrogen-bond donors (Lipinski definition) is 0. The second-order valence-electron chi connectivity index (χ2n) is 12.3. The van der Waals surface area contributed by atoms with Crippen LogP contribution in [0.5, 0.6) is 23.0 Å². The van der Waals surface area contributed by atoms with E-state index in [0.717, 1.165) is 54.9 Å². The third kappa shape index (κ3) is 6.75. The first kappa shape index (κ1) is 31.8. The first-order valence-electron chi connectivity index (χ1n) is 16.8. The molecule has 0 unspecified atom stereocenters. The first-order valence-corrected chi connectivity index (χ1v) is 16.8. The van der Waals surface area contributed by atoms with Crippen molar-refractivity contribution in [3.05, 3.63) is 193 Å². The van der Waals surface area contributed by atoms with Gasteiger partial charge in [0.15, 0.2) is 23.1 Å². The van der Waals surface area contributed by atoms with Gasteiger partial charge in [0.2, 0.25) is 0 Å². The molecule has 0 N–H and O–H groups in total. The number of halogens is 2. The maximum atomic E-state index is 15.1. The van der Waals surface area contributed by atoms with Crippen molar-refractivity contribution in [3.63, 3.8) is 0 Å². The number of ether oxygens (including phenoxy) is 3. The van der Waals surface area contributed by atoms with Crippen molar-refractivity contribution in [1.29, 1.82) is 0 Å². The molecule has 248 valence electrons. The standard InChI is InChI=1S/C46H32F2O3/c47-41-25-21-35(27-43(41)49-29-31-11-3-1-4-12-31)39-23-19-33-15-7-9-17-37(33)45(39)51-46-38-18-10-8-16-34(38)20-24-40(46)36-22-26-42(48)44(28-36)50-30-32-13-5-2-6-14-32/h1-28H,29-30H2. The van der Waals surface area contributed by atoms with E-state index in [1.165, 1.54) is 12.1 Å². The van der Waals surface area contributed by atoms with E-state index >= 15 is 8.78 Å². The van der Waals surface area contributed by atoms with Crippen LogP contribution in [0, 0.1) is 11.6 Å². The molecule has 0 saturated heterocycles. The molecule has 0 bridgehead atoms. The third-order valence-corrected chi connectivity index (χ3v) is 8.92. The van der Waals surface area contributed by atoms with Gasteiger partial charge in [-0.05, 0) is 69.4 Å². The third-order valence-electron chi connectivity index (χ3n) is 8.92. The van der Waals surface area contributed by atoms with Crippen molar-refractivity contribution >= 4 is 21.5 Å². The fourth-order valence-electron chi connectivity index (χ4n) is 6.30. The molecule has 0 aliphatic heterocycles. The Morgan fingerprint density at radius 1 is 0.392 bits per heavy atom. The highest BCUT2D eigenvalue weighted by Gasteiger charge is 2.20. The van der Waals surface area contributed by atoms with Crippen LogP contribution in [0.1, 0.15) is 11.1 Å². The zero-order chi connectivity index (χ0) is 34.6. The fraction of sp³-hybridized carbons (Fsp3) is 0.0435. The van der Waals surface area contributed by atoms with E-state index in [-0.39, 0.29) is 24.7 Å². The lowest BCUT2D eigenvalue weighted by Crippen LogP contribution is -1.99. The van der Waals surface area contributed by atoms with Crippen molar-refractivity contribution in [1.82, 2.24) is 0 Å². The molecule has 8 aromatic rings. The molecule has 0 saturated carbocycles. The van der Waals surface area contributed by atoms with Crippen LogP contribution in [-0.2, 0) is 13.2 Å². The van der Waals surface area contributed by atoms with E-state index in [2.05, 4.69) is 0 Å². The maximum absolute atomic E-state index is 15.1. The summed E-state index contributed by atoms with van der Waals surface area (Å²) in [6, 6.07) is 53.2. The van der Waals surface area contributed by atoms with Gasteiger partial charge in [0, 0.05) is 21.9 Å². The smallest absolute Gasteiger partial charge is 0.165 e. The van der Waals surface area contributed by atoms with Crippen LogP contribution >= 0.6 is 0 Å². The first-order chi connectivity index (χ1) is 25.1. The van der Waals surface area contributed by atoms with Crippen molar-refractivity contribution in [3.8, 4) is 45.3 Å². The van der Waals surface area contributed by atoms with Gasteiger partial charge in [0.05, 0.1) is 0 Å². The average molecular weight is 671 g/mol. The lowest BCUT2D eigenvalue weighted by atomic mass is 9.97. The van der Waals surface area contributed by atoms with Gasteiger partial charge in [-0.2, -0.15) is 0 Å². The lowest BCUT2D eigenvalue weighted by molar-refractivity contribution is 0.290. The molecule has 0 aliphatic carbocycles. The molecule has 0 atom stereocenters. The molecular formula is C46H32F2O3. The highest BCUT2D eigenvalue weighted by atomic mass is 19.1. The summed E-state index contributed by atoms with van der Waals surface area (Å²) in [5.41, 5.74) is 4.89. The molecule has 8 rings (SSSR count). The summed E-state index contributed by atoms with van der Waals surface area (Å²) < 4.78 is 49.3. The van der Waals surface area contributed by atoms with E-state index in [1.807, 2.05) is 133 Å². The Balaban J connectivity index is 1.23. The summed E-state index contributed by atoms with van der Waals surface area (Å²) in [6.45, 7) is 0.465. The summed E-state index contributed by atoms with van der Waals surface area (Å²) in [7, 11) is 0. The molecule has 0 aliphatic rings. The minimum absolute atomic E-state index is 0.149. The Bertz CT molecular complexity index is 2300. The minimum Gasteiger partial charge on any atom is -0.486 e. The Hall–Kier alpha value is -6.46. The Kier molecular flexibility index (Phi) is 8.84. The monoisotopic (exact) mass is 670 g/mol. The van der Waals surface area contributed by atoms with Crippen LogP contribution in [0.4, 0.5) is 8.78 Å². The molecule has 3 nitrogen and oxygen atoms in total. The highest BCUT2D eigenvalue weighted by Crippen LogP contribution is 2.46. The van der Waals surface area contributed by atoms with Crippen LogP contribution in [0.25, 0.3) is 43.8 Å². The number of fused-ring (bicyclic) bond motifs is 2. The van der Waals surface area contributed by atoms with Gasteiger partial charge in [-0.3, -0.25) is 0 Å². The Labute approximate surface area is 294 Å². The fourth-order valence-corrected chi connectivity index (χ4v) is 6.30. The van der Waals surface area contributed by atoms with E-state index in [4.69, 9.17) is 14.2 Å². The molecule has 5 heteroatoms. The van der Waals surface area contributed by atoms with E-state index in [0.29, 0.717) is 11.5 Å². The van der Waals surface area contributed by atoms with Crippen molar-refractivity contribution in [2.75, 3.05) is 0 Å². The quantitative estimate of drug-likeness (QED) is 0.145. The van der Waals surface area contributed by atoms with Gasteiger partial charge in [-0.15, -0.1) is 0 Å². The van der Waals surface area contributed by atoms with Crippen LogP contribution < -0.4 is 14.2 Å². The highest BCUT2D eigenvalue weighted by molar-refractivity contribution is 5.99. The SMILES string of the molecule is Fc1ccc(-c2ccc3ccccc3c2Oc2c(-c3ccc(F)c(OCc4ccccc4)c3)ccc3ccccc23)cc1OCc1ccccc1. The number of rotatable bonds is 10. The predicted octanol–water partition coefficient (Wildman–Crippen LogP) is 12.6. The number of hydrogen-bond acceptors (Lipinski definition) is 3. The number of benzene rings is 8. The summed E-state index contributed by atoms with van der Waals surface area (Å²) in [5.74, 6) is 0.612. The van der Waals surface area contributed by atoms with Gasteiger partial charge < -0.3 is 14.2 Å². The largest absolute Gasteiger partial charge is 0.486 e.